The number of carbonyl (C=O) groups is 1. The first kappa shape index (κ1) is 18.9. The lowest BCUT2D eigenvalue weighted by atomic mass is 10.1. The van der Waals surface area contributed by atoms with Gasteiger partial charge in [-0.05, 0) is 38.7 Å². The molecule has 0 unspecified atom stereocenters. The van der Waals surface area contributed by atoms with Crippen LogP contribution in [0.5, 0.6) is 5.75 Å². The minimum Gasteiger partial charge on any atom is -0.497 e. The third-order valence-electron chi connectivity index (χ3n) is 3.74. The van der Waals surface area contributed by atoms with E-state index in [0.717, 1.165) is 13.0 Å². The molecule has 0 aliphatic rings. The van der Waals surface area contributed by atoms with Crippen molar-refractivity contribution in [2.75, 3.05) is 34.3 Å². The Morgan fingerprint density at radius 3 is 2.72 bits per heavy atom. The molecule has 2 rings (SSSR count). The number of methoxy groups -OCH3 is 1. The van der Waals surface area contributed by atoms with Crippen molar-refractivity contribution in [3.05, 3.63) is 35.8 Å². The second-order valence-electron chi connectivity index (χ2n) is 6.04. The van der Waals surface area contributed by atoms with Crippen LogP contribution in [0, 0.1) is 5.82 Å². The first-order valence-electron chi connectivity index (χ1n) is 8.31. The van der Waals surface area contributed by atoms with Crippen molar-refractivity contribution < 1.29 is 13.9 Å². The Labute approximate surface area is 147 Å². The Morgan fingerprint density at radius 1 is 1.36 bits per heavy atom. The van der Waals surface area contributed by atoms with Gasteiger partial charge in [0.25, 0.3) is 5.91 Å². The zero-order chi connectivity index (χ0) is 18.4. The molecular weight excluding hydrogens is 323 g/mol. The first-order valence-corrected chi connectivity index (χ1v) is 8.31. The quantitative estimate of drug-likeness (QED) is 0.796. The molecule has 25 heavy (non-hydrogen) atoms. The number of carbonyl (C=O) groups excluding carboxylic acids is 1. The molecule has 0 saturated heterocycles. The van der Waals surface area contributed by atoms with Gasteiger partial charge in [0.2, 0.25) is 0 Å². The van der Waals surface area contributed by atoms with E-state index in [0.29, 0.717) is 35.8 Å². The number of nitrogens with zero attached hydrogens (tertiary/aromatic N) is 3. The van der Waals surface area contributed by atoms with Gasteiger partial charge in [-0.25, -0.2) is 4.39 Å². The fourth-order valence-corrected chi connectivity index (χ4v) is 2.43. The van der Waals surface area contributed by atoms with Gasteiger partial charge in [-0.15, -0.1) is 0 Å². The van der Waals surface area contributed by atoms with Crippen LogP contribution in [-0.4, -0.2) is 54.9 Å². The summed E-state index contributed by atoms with van der Waals surface area (Å²) in [5.41, 5.74) is 1.22. The molecule has 1 aromatic carbocycles. The van der Waals surface area contributed by atoms with Crippen molar-refractivity contribution in [2.24, 2.45) is 0 Å². The van der Waals surface area contributed by atoms with Gasteiger partial charge in [0.05, 0.1) is 12.8 Å². The predicted molar refractivity (Wildman–Crippen MR) is 95.4 cm³/mol. The van der Waals surface area contributed by atoms with Crippen molar-refractivity contribution in [1.29, 1.82) is 0 Å². The van der Waals surface area contributed by atoms with Gasteiger partial charge in [-0.2, -0.15) is 5.10 Å². The monoisotopic (exact) mass is 348 g/mol. The normalized spacial score (nSPS) is 11.0. The van der Waals surface area contributed by atoms with E-state index in [4.69, 9.17) is 4.74 Å². The number of likely N-dealkylation sites (N-methyl/N-ethyl adjacent to an activating group) is 1. The number of halogens is 1. The highest BCUT2D eigenvalue weighted by Gasteiger charge is 2.18. The summed E-state index contributed by atoms with van der Waals surface area (Å²) in [5.74, 6) is -0.195. The van der Waals surface area contributed by atoms with Crippen LogP contribution in [0.15, 0.2) is 24.3 Å². The average molecular weight is 348 g/mol. The van der Waals surface area contributed by atoms with Gasteiger partial charge in [-0.1, -0.05) is 6.92 Å². The highest BCUT2D eigenvalue weighted by molar-refractivity contribution is 5.93. The summed E-state index contributed by atoms with van der Waals surface area (Å²) < 4.78 is 21.0. The van der Waals surface area contributed by atoms with E-state index >= 15 is 0 Å². The van der Waals surface area contributed by atoms with Gasteiger partial charge >= 0.3 is 0 Å². The summed E-state index contributed by atoms with van der Waals surface area (Å²) in [4.78, 5) is 14.4. The maximum atomic E-state index is 14.3. The molecule has 7 heteroatoms. The van der Waals surface area contributed by atoms with Crippen molar-refractivity contribution in [3.63, 3.8) is 0 Å². The highest BCUT2D eigenvalue weighted by Crippen LogP contribution is 2.26. The van der Waals surface area contributed by atoms with Crippen LogP contribution in [0.4, 0.5) is 4.39 Å². The molecule has 0 saturated carbocycles. The van der Waals surface area contributed by atoms with E-state index in [-0.39, 0.29) is 5.91 Å². The SMILES string of the molecule is CCCn1nc(-c2ccc(OC)cc2F)cc1C(=O)NCCN(C)C. The number of nitrogens with one attached hydrogen (secondary N) is 1. The average Bonchev–Trinajstić information content (AvgIpc) is 2.98. The summed E-state index contributed by atoms with van der Waals surface area (Å²) >= 11 is 0. The fourth-order valence-electron chi connectivity index (χ4n) is 2.43. The molecule has 1 heterocycles. The van der Waals surface area contributed by atoms with Gasteiger partial charge in [0, 0.05) is 31.3 Å². The molecule has 1 N–H and O–H groups in total. The Balaban J connectivity index is 2.28. The molecular formula is C18H25FN4O2. The number of hydrogen-bond donors (Lipinski definition) is 1. The molecule has 0 radical (unpaired) electrons. The second kappa shape index (κ2) is 8.62. The van der Waals surface area contributed by atoms with Crippen molar-refractivity contribution in [1.82, 2.24) is 20.0 Å². The summed E-state index contributed by atoms with van der Waals surface area (Å²) in [6.07, 6.45) is 0.824. The molecule has 136 valence electrons. The lowest BCUT2D eigenvalue weighted by molar-refractivity contribution is 0.0940. The van der Waals surface area contributed by atoms with Crippen LogP contribution in [0.3, 0.4) is 0 Å². The summed E-state index contributed by atoms with van der Waals surface area (Å²) in [5, 5.41) is 7.29. The Bertz CT molecular complexity index is 728. The van der Waals surface area contributed by atoms with E-state index in [1.165, 1.54) is 13.2 Å². The molecule has 0 fully saturated rings. The first-order chi connectivity index (χ1) is 12.0. The van der Waals surface area contributed by atoms with Crippen molar-refractivity contribution in [2.45, 2.75) is 19.9 Å². The molecule has 0 aliphatic carbocycles. The van der Waals surface area contributed by atoms with Crippen LogP contribution in [0.2, 0.25) is 0 Å². The van der Waals surface area contributed by atoms with Gasteiger partial charge in [0.1, 0.15) is 17.3 Å². The molecule has 1 amide bonds. The van der Waals surface area contributed by atoms with Gasteiger partial charge in [0.15, 0.2) is 0 Å². The zero-order valence-electron chi connectivity index (χ0n) is 15.2. The maximum Gasteiger partial charge on any atom is 0.269 e. The Hall–Kier alpha value is -2.41. The molecule has 2 aromatic rings. The third kappa shape index (κ3) is 4.79. The standard InChI is InChI=1S/C18H25FN4O2/c1-5-9-23-17(18(24)20-8-10-22(2)3)12-16(21-23)14-7-6-13(25-4)11-15(14)19/h6-7,11-12H,5,8-10H2,1-4H3,(H,20,24). The maximum absolute atomic E-state index is 14.3. The van der Waals surface area contributed by atoms with E-state index in [1.54, 1.807) is 22.9 Å². The van der Waals surface area contributed by atoms with E-state index < -0.39 is 5.82 Å². The number of benzene rings is 1. The minimum absolute atomic E-state index is 0.206. The lowest BCUT2D eigenvalue weighted by Gasteiger charge is -2.11. The number of rotatable bonds is 8. The van der Waals surface area contributed by atoms with Crippen LogP contribution in [0.1, 0.15) is 23.8 Å². The molecule has 1 aromatic heterocycles. The number of aromatic nitrogens is 2. The highest BCUT2D eigenvalue weighted by atomic mass is 19.1. The second-order valence-corrected chi connectivity index (χ2v) is 6.04. The molecule has 0 bridgehead atoms. The fraction of sp³-hybridized carbons (Fsp3) is 0.444. The van der Waals surface area contributed by atoms with Crippen LogP contribution in [-0.2, 0) is 6.54 Å². The molecule has 6 nitrogen and oxygen atoms in total. The summed E-state index contributed by atoms with van der Waals surface area (Å²) in [7, 11) is 5.37. The lowest BCUT2D eigenvalue weighted by Crippen LogP contribution is -2.32. The van der Waals surface area contributed by atoms with E-state index in [9.17, 15) is 9.18 Å². The smallest absolute Gasteiger partial charge is 0.269 e. The summed E-state index contributed by atoms with van der Waals surface area (Å²) in [6, 6.07) is 6.23. The topological polar surface area (TPSA) is 59.4 Å². The van der Waals surface area contributed by atoms with Crippen LogP contribution >= 0.6 is 0 Å². The Morgan fingerprint density at radius 2 is 2.12 bits per heavy atom. The number of hydrogen-bond acceptors (Lipinski definition) is 4. The molecule has 0 atom stereocenters. The van der Waals surface area contributed by atoms with Gasteiger partial charge in [-0.3, -0.25) is 9.48 Å². The van der Waals surface area contributed by atoms with Gasteiger partial charge < -0.3 is 15.0 Å². The summed E-state index contributed by atoms with van der Waals surface area (Å²) in [6.45, 7) is 3.88. The van der Waals surface area contributed by atoms with Crippen LogP contribution < -0.4 is 10.1 Å². The number of amides is 1. The zero-order valence-corrected chi connectivity index (χ0v) is 15.2. The van der Waals surface area contributed by atoms with Crippen molar-refractivity contribution in [3.8, 4) is 17.0 Å². The number of ether oxygens (including phenoxy) is 1. The number of aryl methyl sites for hydroxylation is 1. The Kier molecular flexibility index (Phi) is 6.52. The minimum atomic E-state index is -0.430. The van der Waals surface area contributed by atoms with E-state index in [1.807, 2.05) is 25.9 Å². The third-order valence-corrected chi connectivity index (χ3v) is 3.74. The van der Waals surface area contributed by atoms with Crippen molar-refractivity contribution >= 4 is 5.91 Å². The molecule has 0 aliphatic heterocycles. The van der Waals surface area contributed by atoms with Crippen LogP contribution in [0.25, 0.3) is 11.3 Å². The van der Waals surface area contributed by atoms with E-state index in [2.05, 4.69) is 10.4 Å². The molecule has 0 spiro atoms. The largest absolute Gasteiger partial charge is 0.497 e. The predicted octanol–water partition coefficient (Wildman–Crippen LogP) is 2.40.